The molecule has 1 aliphatic carbocycles. The van der Waals surface area contributed by atoms with Crippen LogP contribution in [0.3, 0.4) is 0 Å². The van der Waals surface area contributed by atoms with E-state index in [0.29, 0.717) is 22.3 Å². The summed E-state index contributed by atoms with van der Waals surface area (Å²) in [6.45, 7) is 0. The summed E-state index contributed by atoms with van der Waals surface area (Å²) in [6.07, 6.45) is 6.80. The standard InChI is InChI=1S/C23H22FN3OS/c24-16-5-3-6-18(15-16)26-22-21(9-4-14-25-22)23(28)27-17-10-12-20(13-11-17)29-19-7-1-2-8-19/h3-6,9-15,19H,1-2,7-8H2,(H,25,26)(H,27,28). The van der Waals surface area contributed by atoms with Crippen molar-refractivity contribution in [3.05, 3.63) is 78.2 Å². The van der Waals surface area contributed by atoms with Crippen molar-refractivity contribution in [2.45, 2.75) is 35.8 Å². The number of benzene rings is 2. The maximum Gasteiger partial charge on any atom is 0.259 e. The lowest BCUT2D eigenvalue weighted by Gasteiger charge is -2.12. The van der Waals surface area contributed by atoms with E-state index in [2.05, 4.69) is 15.6 Å². The van der Waals surface area contributed by atoms with E-state index < -0.39 is 0 Å². The zero-order chi connectivity index (χ0) is 20.1. The molecule has 1 heterocycles. The van der Waals surface area contributed by atoms with Gasteiger partial charge in [0.25, 0.3) is 5.91 Å². The number of amides is 1. The van der Waals surface area contributed by atoms with Crippen molar-refractivity contribution in [1.82, 2.24) is 4.98 Å². The van der Waals surface area contributed by atoms with Gasteiger partial charge in [-0.25, -0.2) is 9.37 Å². The molecule has 1 aromatic heterocycles. The minimum atomic E-state index is -0.354. The number of hydrogen-bond donors (Lipinski definition) is 2. The molecular formula is C23H22FN3OS. The fourth-order valence-electron chi connectivity index (χ4n) is 3.41. The fraction of sp³-hybridized carbons (Fsp3) is 0.217. The van der Waals surface area contributed by atoms with Gasteiger partial charge in [0.2, 0.25) is 0 Å². The number of rotatable bonds is 6. The second-order valence-electron chi connectivity index (χ2n) is 7.04. The van der Waals surface area contributed by atoms with Crippen molar-refractivity contribution < 1.29 is 9.18 Å². The predicted octanol–water partition coefficient (Wildman–Crippen LogP) is 6.25. The van der Waals surface area contributed by atoms with Crippen molar-refractivity contribution in [1.29, 1.82) is 0 Å². The van der Waals surface area contributed by atoms with Crippen molar-refractivity contribution in [2.75, 3.05) is 10.6 Å². The van der Waals surface area contributed by atoms with E-state index in [1.54, 1.807) is 30.5 Å². The van der Waals surface area contributed by atoms with Crippen LogP contribution in [-0.2, 0) is 0 Å². The Kier molecular flexibility index (Phi) is 6.10. The van der Waals surface area contributed by atoms with E-state index in [1.807, 2.05) is 36.0 Å². The quantitative estimate of drug-likeness (QED) is 0.507. The van der Waals surface area contributed by atoms with Gasteiger partial charge in [-0.3, -0.25) is 4.79 Å². The molecule has 6 heteroatoms. The molecule has 0 atom stereocenters. The van der Waals surface area contributed by atoms with Crippen LogP contribution in [0.4, 0.5) is 21.6 Å². The molecule has 3 aromatic rings. The third-order valence-corrected chi connectivity index (χ3v) is 6.21. The number of nitrogens with zero attached hydrogens (tertiary/aromatic N) is 1. The van der Waals surface area contributed by atoms with E-state index in [4.69, 9.17) is 0 Å². The largest absolute Gasteiger partial charge is 0.339 e. The van der Waals surface area contributed by atoms with Gasteiger partial charge in [0.15, 0.2) is 0 Å². The Morgan fingerprint density at radius 2 is 1.79 bits per heavy atom. The molecule has 0 spiro atoms. The average Bonchev–Trinajstić information content (AvgIpc) is 3.23. The smallest absolute Gasteiger partial charge is 0.259 e. The monoisotopic (exact) mass is 407 g/mol. The summed E-state index contributed by atoms with van der Waals surface area (Å²) in [4.78, 5) is 18.3. The number of aromatic nitrogens is 1. The van der Waals surface area contributed by atoms with Crippen LogP contribution in [0.25, 0.3) is 0 Å². The molecule has 0 saturated heterocycles. The van der Waals surface area contributed by atoms with Gasteiger partial charge < -0.3 is 10.6 Å². The van der Waals surface area contributed by atoms with E-state index in [1.165, 1.54) is 42.7 Å². The second kappa shape index (κ2) is 9.09. The molecular weight excluding hydrogens is 385 g/mol. The fourth-order valence-corrected chi connectivity index (χ4v) is 4.65. The Morgan fingerprint density at radius 3 is 2.55 bits per heavy atom. The number of pyridine rings is 1. The topological polar surface area (TPSA) is 54.0 Å². The number of anilines is 3. The van der Waals surface area contributed by atoms with Crippen LogP contribution < -0.4 is 10.6 Å². The summed E-state index contributed by atoms with van der Waals surface area (Å²) in [5, 5.41) is 6.64. The lowest BCUT2D eigenvalue weighted by molar-refractivity contribution is 0.102. The number of nitrogens with one attached hydrogen (secondary N) is 2. The number of hydrogen-bond acceptors (Lipinski definition) is 4. The summed E-state index contributed by atoms with van der Waals surface area (Å²) < 4.78 is 13.4. The highest BCUT2D eigenvalue weighted by molar-refractivity contribution is 8.00. The molecule has 1 fully saturated rings. The number of carbonyl (C=O) groups excluding carboxylic acids is 1. The first-order chi connectivity index (χ1) is 14.2. The molecule has 2 aromatic carbocycles. The Morgan fingerprint density at radius 1 is 1.00 bits per heavy atom. The van der Waals surface area contributed by atoms with Crippen LogP contribution in [0.15, 0.2) is 71.8 Å². The summed E-state index contributed by atoms with van der Waals surface area (Å²) in [5.41, 5.74) is 1.65. The molecule has 4 nitrogen and oxygen atoms in total. The van der Waals surface area contributed by atoms with Crippen LogP contribution in [0.5, 0.6) is 0 Å². The van der Waals surface area contributed by atoms with Crippen LogP contribution in [0.2, 0.25) is 0 Å². The van der Waals surface area contributed by atoms with Crippen molar-refractivity contribution in [3.8, 4) is 0 Å². The molecule has 2 N–H and O–H groups in total. The minimum Gasteiger partial charge on any atom is -0.339 e. The Hall–Kier alpha value is -2.86. The van der Waals surface area contributed by atoms with Crippen LogP contribution in [0.1, 0.15) is 36.0 Å². The zero-order valence-corrected chi connectivity index (χ0v) is 16.7. The molecule has 0 unspecified atom stereocenters. The third-order valence-electron chi connectivity index (χ3n) is 4.86. The van der Waals surface area contributed by atoms with E-state index in [0.717, 1.165) is 5.69 Å². The van der Waals surface area contributed by atoms with Crippen LogP contribution in [-0.4, -0.2) is 16.1 Å². The second-order valence-corrected chi connectivity index (χ2v) is 8.41. The van der Waals surface area contributed by atoms with E-state index in [-0.39, 0.29) is 11.7 Å². The van der Waals surface area contributed by atoms with Gasteiger partial charge in [-0.05, 0) is 67.4 Å². The van der Waals surface area contributed by atoms with E-state index >= 15 is 0 Å². The van der Waals surface area contributed by atoms with Gasteiger partial charge in [0, 0.05) is 27.7 Å². The van der Waals surface area contributed by atoms with Gasteiger partial charge >= 0.3 is 0 Å². The first-order valence-electron chi connectivity index (χ1n) is 9.73. The Balaban J connectivity index is 1.44. The predicted molar refractivity (Wildman–Crippen MR) is 116 cm³/mol. The third kappa shape index (κ3) is 5.15. The molecule has 1 saturated carbocycles. The number of halogens is 1. The van der Waals surface area contributed by atoms with Gasteiger partial charge in [-0.2, -0.15) is 0 Å². The van der Waals surface area contributed by atoms with E-state index in [9.17, 15) is 9.18 Å². The van der Waals surface area contributed by atoms with Gasteiger partial charge in [-0.15, -0.1) is 11.8 Å². The molecule has 148 valence electrons. The Labute approximate surface area is 173 Å². The van der Waals surface area contributed by atoms with Gasteiger partial charge in [-0.1, -0.05) is 18.9 Å². The van der Waals surface area contributed by atoms with Crippen molar-refractivity contribution in [2.24, 2.45) is 0 Å². The SMILES string of the molecule is O=C(Nc1ccc(SC2CCCC2)cc1)c1cccnc1Nc1cccc(F)c1. The summed E-state index contributed by atoms with van der Waals surface area (Å²) in [7, 11) is 0. The first kappa shape index (κ1) is 19.5. The highest BCUT2D eigenvalue weighted by Gasteiger charge is 2.16. The summed E-state index contributed by atoms with van der Waals surface area (Å²) >= 11 is 1.92. The first-order valence-corrected chi connectivity index (χ1v) is 10.6. The lowest BCUT2D eigenvalue weighted by atomic mass is 10.2. The molecule has 0 bridgehead atoms. The van der Waals surface area contributed by atoms with Crippen molar-refractivity contribution >= 4 is 34.9 Å². The zero-order valence-electron chi connectivity index (χ0n) is 15.9. The number of carbonyl (C=O) groups is 1. The normalized spacial score (nSPS) is 14.0. The van der Waals surface area contributed by atoms with Gasteiger partial charge in [0.05, 0.1) is 5.56 Å². The van der Waals surface area contributed by atoms with Gasteiger partial charge in [0.1, 0.15) is 11.6 Å². The maximum absolute atomic E-state index is 13.4. The highest BCUT2D eigenvalue weighted by atomic mass is 32.2. The summed E-state index contributed by atoms with van der Waals surface area (Å²) in [5.74, 6) is -0.246. The molecule has 1 amide bonds. The number of thioether (sulfide) groups is 1. The van der Waals surface area contributed by atoms with Crippen LogP contribution in [0, 0.1) is 5.82 Å². The highest BCUT2D eigenvalue weighted by Crippen LogP contribution is 2.35. The summed E-state index contributed by atoms with van der Waals surface area (Å²) in [6, 6.07) is 17.4. The lowest BCUT2D eigenvalue weighted by Crippen LogP contribution is -2.14. The minimum absolute atomic E-state index is 0.270. The molecule has 1 aliphatic rings. The Bertz CT molecular complexity index is 987. The molecule has 29 heavy (non-hydrogen) atoms. The van der Waals surface area contributed by atoms with Crippen LogP contribution >= 0.6 is 11.8 Å². The maximum atomic E-state index is 13.4. The van der Waals surface area contributed by atoms with Crippen molar-refractivity contribution in [3.63, 3.8) is 0 Å². The molecule has 4 rings (SSSR count). The molecule has 0 aliphatic heterocycles. The molecule has 0 radical (unpaired) electrons. The average molecular weight is 408 g/mol.